The number of amides is 1. The van der Waals surface area contributed by atoms with Crippen molar-refractivity contribution in [3.63, 3.8) is 0 Å². The number of aliphatic imine (C=N–C) groups is 1. The number of ether oxygens (including phenoxy) is 2. The largest absolute Gasteiger partial charge is 0.480 e. The molecule has 0 unspecified atom stereocenters. The first-order valence-electron chi connectivity index (χ1n) is 8.52. The Balaban J connectivity index is 1.81. The second-order valence-corrected chi connectivity index (χ2v) is 9.81. The van der Waals surface area contributed by atoms with E-state index in [1.54, 1.807) is 12.1 Å². The Hall–Kier alpha value is -1.31. The van der Waals surface area contributed by atoms with Crippen molar-refractivity contribution in [2.24, 2.45) is 4.99 Å². The fourth-order valence-electron chi connectivity index (χ4n) is 2.45. The van der Waals surface area contributed by atoms with Gasteiger partial charge >= 0.3 is 5.97 Å². The molecular formula is C20H15ClI2N2O4S. The van der Waals surface area contributed by atoms with E-state index in [4.69, 9.17) is 16.3 Å². The van der Waals surface area contributed by atoms with Crippen LogP contribution in [-0.4, -0.2) is 30.8 Å². The molecule has 6 nitrogen and oxygen atoms in total. The van der Waals surface area contributed by atoms with Gasteiger partial charge in [0.15, 0.2) is 11.8 Å². The minimum atomic E-state index is -0.450. The molecule has 1 N–H and O–H groups in total. The van der Waals surface area contributed by atoms with Gasteiger partial charge in [-0.2, -0.15) is 0 Å². The van der Waals surface area contributed by atoms with Crippen molar-refractivity contribution in [2.75, 3.05) is 13.7 Å². The zero-order valence-corrected chi connectivity index (χ0v) is 21.7. The van der Waals surface area contributed by atoms with Gasteiger partial charge in [0, 0.05) is 5.02 Å². The van der Waals surface area contributed by atoms with Crippen LogP contribution in [0.2, 0.25) is 5.02 Å². The van der Waals surface area contributed by atoms with Gasteiger partial charge < -0.3 is 14.8 Å². The highest BCUT2D eigenvalue weighted by Crippen LogP contribution is 2.33. The van der Waals surface area contributed by atoms with E-state index in [0.29, 0.717) is 26.5 Å². The predicted molar refractivity (Wildman–Crippen MR) is 136 cm³/mol. The van der Waals surface area contributed by atoms with Gasteiger partial charge in [0.2, 0.25) is 0 Å². The van der Waals surface area contributed by atoms with E-state index in [1.807, 2.05) is 31.2 Å². The van der Waals surface area contributed by atoms with E-state index < -0.39 is 5.97 Å². The van der Waals surface area contributed by atoms with Crippen LogP contribution in [0.5, 0.6) is 5.75 Å². The number of esters is 1. The van der Waals surface area contributed by atoms with Crippen molar-refractivity contribution in [3.05, 3.63) is 58.5 Å². The minimum absolute atomic E-state index is 0.163. The zero-order valence-electron chi connectivity index (χ0n) is 15.8. The van der Waals surface area contributed by atoms with Crippen LogP contribution in [0, 0.1) is 14.1 Å². The summed E-state index contributed by atoms with van der Waals surface area (Å²) >= 11 is 11.7. The first-order valence-corrected chi connectivity index (χ1v) is 11.9. The maximum absolute atomic E-state index is 12.4. The second-order valence-electron chi connectivity index (χ2n) is 6.04. The molecule has 3 rings (SSSR count). The third kappa shape index (κ3) is 5.68. The minimum Gasteiger partial charge on any atom is -0.480 e. The SMILES string of the molecule is COC(=O)COc1c(I)cc(/C=C2/SC(=Nc3cccc(Cl)c3C)NC2=O)cc1I. The first-order chi connectivity index (χ1) is 14.3. The zero-order chi connectivity index (χ0) is 21.8. The summed E-state index contributed by atoms with van der Waals surface area (Å²) in [4.78, 5) is 28.8. The summed E-state index contributed by atoms with van der Waals surface area (Å²) in [6.07, 6.45) is 1.79. The van der Waals surface area contributed by atoms with Gasteiger partial charge in [-0.25, -0.2) is 9.79 Å². The molecule has 1 aliphatic heterocycles. The molecule has 2 aromatic carbocycles. The average Bonchev–Trinajstić information content (AvgIpc) is 3.03. The monoisotopic (exact) mass is 668 g/mol. The van der Waals surface area contributed by atoms with Crippen molar-refractivity contribution in [1.82, 2.24) is 5.32 Å². The second kappa shape index (κ2) is 10.3. The lowest BCUT2D eigenvalue weighted by molar-refractivity contribution is -0.142. The predicted octanol–water partition coefficient (Wildman–Crippen LogP) is 5.30. The van der Waals surface area contributed by atoms with Crippen LogP contribution in [0.3, 0.4) is 0 Å². The van der Waals surface area contributed by atoms with Gasteiger partial charge in [0.05, 0.1) is 24.8 Å². The van der Waals surface area contributed by atoms with Gasteiger partial charge in [0.25, 0.3) is 5.91 Å². The fraction of sp³-hybridized carbons (Fsp3) is 0.150. The Kier molecular flexibility index (Phi) is 8.04. The van der Waals surface area contributed by atoms with E-state index >= 15 is 0 Å². The smallest absolute Gasteiger partial charge is 0.343 e. The summed E-state index contributed by atoms with van der Waals surface area (Å²) in [5, 5.41) is 3.91. The van der Waals surface area contributed by atoms with Crippen molar-refractivity contribution in [2.45, 2.75) is 6.92 Å². The number of carbonyl (C=O) groups is 2. The molecule has 156 valence electrons. The average molecular weight is 669 g/mol. The summed E-state index contributed by atoms with van der Waals surface area (Å²) in [7, 11) is 1.31. The number of halogens is 3. The molecule has 1 saturated heterocycles. The molecule has 1 aliphatic rings. The molecule has 0 aromatic heterocycles. The number of thioether (sulfide) groups is 1. The van der Waals surface area contributed by atoms with Crippen LogP contribution >= 0.6 is 68.5 Å². The Morgan fingerprint density at radius 1 is 1.30 bits per heavy atom. The molecule has 0 aliphatic carbocycles. The Bertz CT molecular complexity index is 1070. The Morgan fingerprint density at radius 2 is 2.00 bits per heavy atom. The molecule has 0 saturated carbocycles. The summed E-state index contributed by atoms with van der Waals surface area (Å²) in [5.41, 5.74) is 2.40. The molecule has 1 fully saturated rings. The van der Waals surface area contributed by atoms with Crippen LogP contribution in [0.4, 0.5) is 5.69 Å². The highest BCUT2D eigenvalue weighted by Gasteiger charge is 2.24. The number of hydrogen-bond donors (Lipinski definition) is 1. The molecule has 0 radical (unpaired) electrons. The molecule has 1 heterocycles. The molecule has 30 heavy (non-hydrogen) atoms. The van der Waals surface area contributed by atoms with E-state index in [9.17, 15) is 9.59 Å². The lowest BCUT2D eigenvalue weighted by Gasteiger charge is -2.10. The van der Waals surface area contributed by atoms with Gasteiger partial charge in [0.1, 0.15) is 5.75 Å². The number of carbonyl (C=O) groups excluding carboxylic acids is 2. The van der Waals surface area contributed by atoms with Gasteiger partial charge in [-0.05, 0) is 105 Å². The number of benzene rings is 2. The summed E-state index contributed by atoms with van der Waals surface area (Å²) < 4.78 is 11.8. The number of rotatable bonds is 5. The third-order valence-corrected chi connectivity index (χ3v) is 6.91. The van der Waals surface area contributed by atoms with Crippen molar-refractivity contribution in [1.29, 1.82) is 0 Å². The standard InChI is InChI=1S/C20H15ClI2N2O4S/c1-10-12(21)4-3-5-15(10)24-20-25-19(27)16(30-20)8-11-6-13(22)18(14(23)7-11)29-9-17(26)28-2/h3-8H,9H2,1-2H3,(H,24,25,27)/b16-8+. The van der Waals surface area contributed by atoms with Crippen molar-refractivity contribution in [3.8, 4) is 5.75 Å². The molecular weight excluding hydrogens is 654 g/mol. The molecule has 0 spiro atoms. The van der Waals surface area contributed by atoms with E-state index in [2.05, 4.69) is 60.2 Å². The summed E-state index contributed by atoms with van der Waals surface area (Å²) in [6, 6.07) is 9.23. The Morgan fingerprint density at radius 3 is 2.67 bits per heavy atom. The number of hydrogen-bond acceptors (Lipinski definition) is 6. The maximum Gasteiger partial charge on any atom is 0.343 e. The fourth-order valence-corrected chi connectivity index (χ4v) is 5.58. The summed E-state index contributed by atoms with van der Waals surface area (Å²) in [6.45, 7) is 1.72. The van der Waals surface area contributed by atoms with E-state index in [0.717, 1.165) is 18.3 Å². The molecule has 0 atom stereocenters. The topological polar surface area (TPSA) is 77.0 Å². The molecule has 1 amide bonds. The quantitative estimate of drug-likeness (QED) is 0.266. The lowest BCUT2D eigenvalue weighted by Crippen LogP contribution is -2.19. The van der Waals surface area contributed by atoms with Crippen molar-refractivity contribution < 1.29 is 19.1 Å². The highest BCUT2D eigenvalue weighted by atomic mass is 127. The van der Waals surface area contributed by atoms with Gasteiger partial charge in [-0.1, -0.05) is 17.7 Å². The van der Waals surface area contributed by atoms with Crippen LogP contribution in [0.15, 0.2) is 40.2 Å². The van der Waals surface area contributed by atoms with E-state index in [1.165, 1.54) is 18.9 Å². The van der Waals surface area contributed by atoms with Crippen LogP contribution < -0.4 is 10.1 Å². The highest BCUT2D eigenvalue weighted by molar-refractivity contribution is 14.1. The molecule has 0 bridgehead atoms. The van der Waals surface area contributed by atoms with E-state index in [-0.39, 0.29) is 12.5 Å². The number of nitrogens with one attached hydrogen (secondary N) is 1. The lowest BCUT2D eigenvalue weighted by atomic mass is 10.2. The van der Waals surface area contributed by atoms with Crippen LogP contribution in [0.1, 0.15) is 11.1 Å². The normalized spacial score (nSPS) is 16.1. The third-order valence-electron chi connectivity index (χ3n) is 3.99. The van der Waals surface area contributed by atoms with Crippen molar-refractivity contribution >= 4 is 97.4 Å². The molecule has 2 aromatic rings. The number of nitrogens with zero attached hydrogens (tertiary/aromatic N) is 1. The summed E-state index contributed by atoms with van der Waals surface area (Å²) in [5.74, 6) is -0.0611. The van der Waals surface area contributed by atoms with Crippen LogP contribution in [0.25, 0.3) is 6.08 Å². The maximum atomic E-state index is 12.4. The molecule has 10 heteroatoms. The van der Waals surface area contributed by atoms with Gasteiger partial charge in [-0.15, -0.1) is 0 Å². The van der Waals surface area contributed by atoms with Crippen LogP contribution in [-0.2, 0) is 14.3 Å². The van der Waals surface area contributed by atoms with Gasteiger partial charge in [-0.3, -0.25) is 4.79 Å². The first kappa shape index (κ1) is 23.4. The Labute approximate surface area is 210 Å². The number of amidine groups is 1. The number of methoxy groups -OCH3 is 1.